The maximum Gasteiger partial charge on any atom is 0.193 e. The fourth-order valence-electron chi connectivity index (χ4n) is 6.42. The molecule has 3 aliphatic rings. The molecule has 0 unspecified atom stereocenters. The number of carbonyl (C=O) groups excluding carboxylic acids is 1. The predicted molar refractivity (Wildman–Crippen MR) is 150 cm³/mol. The molecule has 6 rings (SSSR count). The number of aliphatic hydroxyl groups is 2. The minimum atomic E-state index is -1.08. The summed E-state index contributed by atoms with van der Waals surface area (Å²) in [6.45, 7) is 4.18. The van der Waals surface area contributed by atoms with E-state index in [1.807, 2.05) is 12.1 Å². The molecule has 3 aliphatic carbocycles. The molecule has 1 heterocycles. The van der Waals surface area contributed by atoms with Crippen LogP contribution < -0.4 is 0 Å². The highest BCUT2D eigenvalue weighted by molar-refractivity contribution is 7.99. The van der Waals surface area contributed by atoms with Crippen molar-refractivity contribution in [3.63, 3.8) is 0 Å². The Morgan fingerprint density at radius 2 is 1.98 bits per heavy atom. The number of hydrogen-bond acceptors (Lipinski definition) is 6. The van der Waals surface area contributed by atoms with Crippen molar-refractivity contribution in [2.75, 3.05) is 5.75 Å². The number of aliphatic hydroxyl groups excluding tert-OH is 1. The highest BCUT2D eigenvalue weighted by Gasteiger charge is 2.56. The number of H-pyrrole nitrogens is 1. The molecule has 0 aliphatic heterocycles. The van der Waals surface area contributed by atoms with E-state index in [0.717, 1.165) is 36.1 Å². The fourth-order valence-corrected chi connectivity index (χ4v) is 7.51. The Bertz CT molecular complexity index is 1410. The Morgan fingerprint density at radius 1 is 1.15 bits per heavy atom. The first kappa shape index (κ1) is 28.6. The van der Waals surface area contributed by atoms with Gasteiger partial charge in [-0.05, 0) is 93.2 Å². The second-order valence-corrected chi connectivity index (χ2v) is 12.4. The first-order valence-electron chi connectivity index (χ1n) is 13.8. The second-order valence-electron chi connectivity index (χ2n) is 11.5. The average Bonchev–Trinajstić information content (AvgIpc) is 3.54. The van der Waals surface area contributed by atoms with Crippen molar-refractivity contribution < 1.29 is 23.8 Å². The molecule has 212 valence electrons. The van der Waals surface area contributed by atoms with Gasteiger partial charge < -0.3 is 10.2 Å². The van der Waals surface area contributed by atoms with Crippen LogP contribution in [0.15, 0.2) is 59.5 Å². The van der Waals surface area contributed by atoms with Gasteiger partial charge in [-0.2, -0.15) is 5.10 Å². The summed E-state index contributed by atoms with van der Waals surface area (Å²) in [5, 5.41) is 30.3. The number of benzene rings is 2. The molecule has 0 saturated heterocycles. The van der Waals surface area contributed by atoms with E-state index in [4.69, 9.17) is 0 Å². The lowest BCUT2D eigenvalue weighted by Gasteiger charge is -2.44. The van der Waals surface area contributed by atoms with Crippen molar-refractivity contribution in [2.24, 2.45) is 5.41 Å². The van der Waals surface area contributed by atoms with Crippen LogP contribution in [-0.2, 0) is 6.42 Å². The van der Waals surface area contributed by atoms with E-state index in [1.165, 1.54) is 29.7 Å². The molecule has 0 amide bonds. The number of thioether (sulfide) groups is 1. The van der Waals surface area contributed by atoms with Crippen LogP contribution in [0.1, 0.15) is 85.3 Å². The standard InChI is InChI=1S/C31H35F2N3O3S/c1-19-4-3-12-30(2)25(11-13-31(30,39)17-40-29-34-18-35-36-29)23-9-6-20(14-22(37)8-5-19)15-24(23)28(38)21-7-10-26(32)27(33)16-21/h4,6-7,9-10,15-16,18,22,25,37,39H,3,5,8,11-14,17H2,1-2H3,(H,34,35,36)/t22-,25-,30-,31+/m0/s1. The van der Waals surface area contributed by atoms with Crippen LogP contribution in [0.5, 0.6) is 0 Å². The van der Waals surface area contributed by atoms with Crippen LogP contribution in [-0.4, -0.2) is 48.6 Å². The predicted octanol–water partition coefficient (Wildman–Crippen LogP) is 6.14. The van der Waals surface area contributed by atoms with Gasteiger partial charge in [0.2, 0.25) is 0 Å². The molecular formula is C31H35F2N3O3S. The molecule has 9 heteroatoms. The van der Waals surface area contributed by atoms with Gasteiger partial charge in [0.15, 0.2) is 22.6 Å². The molecule has 1 saturated carbocycles. The molecule has 0 spiro atoms. The smallest absolute Gasteiger partial charge is 0.193 e. The average molecular weight is 568 g/mol. The van der Waals surface area contributed by atoms with Gasteiger partial charge in [0, 0.05) is 22.3 Å². The Kier molecular flexibility index (Phi) is 8.27. The number of aromatic amines is 1. The first-order chi connectivity index (χ1) is 19.1. The van der Waals surface area contributed by atoms with E-state index in [2.05, 4.69) is 35.1 Å². The SMILES string of the molecule is CC1=CCC[C@@]2(C)[C@@H](CC[C@@]2(O)CSc2ncn[nH]2)c2ccc(cc2C(=O)c2ccc(F)c(F)c2)C[C@@H](O)CC1. The molecule has 0 radical (unpaired) electrons. The molecule has 40 heavy (non-hydrogen) atoms. The third kappa shape index (κ3) is 5.64. The van der Waals surface area contributed by atoms with E-state index in [9.17, 15) is 23.8 Å². The molecule has 1 aromatic heterocycles. The normalized spacial score (nSPS) is 27.2. The van der Waals surface area contributed by atoms with Crippen LogP contribution in [0.3, 0.4) is 0 Å². The topological polar surface area (TPSA) is 99.1 Å². The Labute approximate surface area is 237 Å². The quantitative estimate of drug-likeness (QED) is 0.195. The zero-order chi connectivity index (χ0) is 28.5. The summed E-state index contributed by atoms with van der Waals surface area (Å²) in [6.07, 6.45) is 7.42. The molecule has 2 aromatic carbocycles. The summed E-state index contributed by atoms with van der Waals surface area (Å²) in [4.78, 5) is 18.1. The van der Waals surface area contributed by atoms with Crippen molar-refractivity contribution >= 4 is 17.5 Å². The van der Waals surface area contributed by atoms with Crippen LogP contribution >= 0.6 is 11.8 Å². The number of halogens is 2. The Balaban J connectivity index is 1.60. The lowest BCUT2D eigenvalue weighted by atomic mass is 9.65. The van der Waals surface area contributed by atoms with Gasteiger partial charge in [-0.1, -0.05) is 42.5 Å². The van der Waals surface area contributed by atoms with Gasteiger partial charge in [0.25, 0.3) is 0 Å². The van der Waals surface area contributed by atoms with E-state index in [0.29, 0.717) is 48.6 Å². The van der Waals surface area contributed by atoms with Gasteiger partial charge in [0.05, 0.1) is 11.7 Å². The zero-order valence-electron chi connectivity index (χ0n) is 22.8. The van der Waals surface area contributed by atoms with E-state index in [-0.39, 0.29) is 11.5 Å². The van der Waals surface area contributed by atoms with Crippen LogP contribution in [0, 0.1) is 17.0 Å². The molecule has 3 N–H and O–H groups in total. The highest BCUT2D eigenvalue weighted by atomic mass is 32.2. The summed E-state index contributed by atoms with van der Waals surface area (Å²) >= 11 is 1.43. The Morgan fingerprint density at radius 3 is 2.73 bits per heavy atom. The maximum absolute atomic E-state index is 14.1. The number of ketones is 1. The number of fused-ring (bicyclic) bond motifs is 8. The number of hydrogen-bond donors (Lipinski definition) is 3. The van der Waals surface area contributed by atoms with Crippen LogP contribution in [0.25, 0.3) is 0 Å². The largest absolute Gasteiger partial charge is 0.393 e. The molecule has 3 aromatic rings. The molecule has 6 nitrogen and oxygen atoms in total. The van der Waals surface area contributed by atoms with Crippen LogP contribution in [0.2, 0.25) is 0 Å². The van der Waals surface area contributed by atoms with Gasteiger partial charge in [-0.15, -0.1) is 0 Å². The van der Waals surface area contributed by atoms with Gasteiger partial charge in [0.1, 0.15) is 6.33 Å². The van der Waals surface area contributed by atoms with Crippen molar-refractivity contribution in [3.8, 4) is 0 Å². The maximum atomic E-state index is 14.1. The highest BCUT2D eigenvalue weighted by Crippen LogP contribution is 2.59. The fraction of sp³-hybridized carbons (Fsp3) is 0.452. The van der Waals surface area contributed by atoms with Crippen molar-refractivity contribution in [1.82, 2.24) is 15.2 Å². The minimum Gasteiger partial charge on any atom is -0.393 e. The number of rotatable bonds is 5. The summed E-state index contributed by atoms with van der Waals surface area (Å²) in [6, 6.07) is 8.87. The zero-order valence-corrected chi connectivity index (χ0v) is 23.6. The number of nitrogens with zero attached hydrogens (tertiary/aromatic N) is 2. The van der Waals surface area contributed by atoms with Crippen molar-refractivity contribution in [3.05, 3.63) is 88.3 Å². The summed E-state index contributed by atoms with van der Waals surface area (Å²) in [7, 11) is 0. The van der Waals surface area contributed by atoms with Gasteiger partial charge in [-0.3, -0.25) is 9.89 Å². The van der Waals surface area contributed by atoms with Gasteiger partial charge >= 0.3 is 0 Å². The summed E-state index contributed by atoms with van der Waals surface area (Å²) in [5.74, 6) is -2.24. The van der Waals surface area contributed by atoms with Crippen molar-refractivity contribution in [1.29, 1.82) is 0 Å². The number of aromatic nitrogens is 3. The monoisotopic (exact) mass is 567 g/mol. The minimum absolute atomic E-state index is 0.0633. The lowest BCUT2D eigenvalue weighted by molar-refractivity contribution is -0.0422. The van der Waals surface area contributed by atoms with E-state index >= 15 is 0 Å². The van der Waals surface area contributed by atoms with E-state index in [1.54, 1.807) is 6.07 Å². The number of allylic oxidation sites excluding steroid dienone is 2. The van der Waals surface area contributed by atoms with Gasteiger partial charge in [-0.25, -0.2) is 13.8 Å². The summed E-state index contributed by atoms with van der Waals surface area (Å²) in [5.41, 5.74) is 1.62. The number of carbonyl (C=O) groups is 1. The molecule has 4 atom stereocenters. The summed E-state index contributed by atoms with van der Waals surface area (Å²) < 4.78 is 27.8. The second kappa shape index (κ2) is 11.5. The third-order valence-electron chi connectivity index (χ3n) is 8.94. The molecule has 1 fully saturated rings. The molecule has 2 bridgehead atoms. The van der Waals surface area contributed by atoms with Crippen molar-refractivity contribution in [2.45, 2.75) is 81.6 Å². The number of nitrogens with one attached hydrogen (secondary N) is 1. The van der Waals surface area contributed by atoms with Crippen LogP contribution in [0.4, 0.5) is 8.78 Å². The third-order valence-corrected chi connectivity index (χ3v) is 10.0. The lowest BCUT2D eigenvalue weighted by Crippen LogP contribution is -2.46. The first-order valence-corrected chi connectivity index (χ1v) is 14.7. The Hall–Kier alpha value is -2.88. The molecular weight excluding hydrogens is 532 g/mol. The van der Waals surface area contributed by atoms with E-state index < -0.39 is 34.5 Å².